The number of anilines is 4. The Kier molecular flexibility index (Phi) is 8.63. The number of amides is 2. The summed E-state index contributed by atoms with van der Waals surface area (Å²) in [5, 5.41) is 11.7. The van der Waals surface area contributed by atoms with Gasteiger partial charge in [-0.15, -0.1) is 0 Å². The number of aromatic nitrogens is 1. The summed E-state index contributed by atoms with van der Waals surface area (Å²) in [6, 6.07) is 20.1. The Morgan fingerprint density at radius 1 is 0.667 bits per heavy atom. The molecule has 0 unspecified atom stereocenters. The smallest absolute Gasteiger partial charge is 0.225 e. The number of carbonyl (C=O) groups is 2. The van der Waals surface area contributed by atoms with Gasteiger partial charge in [-0.1, -0.05) is 17.7 Å². The Morgan fingerprint density at radius 2 is 1.12 bits per heavy atom. The molecule has 0 spiro atoms. The molecule has 218 valence electrons. The largest absolute Gasteiger partial charge is 0.354 e. The summed E-state index contributed by atoms with van der Waals surface area (Å²) >= 11 is 0. The molecule has 2 saturated heterocycles. The van der Waals surface area contributed by atoms with Gasteiger partial charge in [0, 0.05) is 53.8 Å². The number of fused-ring (bicyclic) bond motifs is 2. The molecule has 3 N–H and O–H groups in total. The first-order valence-electron chi connectivity index (χ1n) is 15.3. The molecular weight excluding hydrogens is 524 g/mol. The van der Waals surface area contributed by atoms with Gasteiger partial charge in [0.25, 0.3) is 0 Å². The molecule has 3 aromatic carbocycles. The van der Waals surface area contributed by atoms with Crippen LogP contribution < -0.4 is 16.0 Å². The van der Waals surface area contributed by atoms with Crippen LogP contribution in [0.3, 0.4) is 0 Å². The number of benzene rings is 3. The zero-order chi connectivity index (χ0) is 28.9. The maximum atomic E-state index is 12.7. The number of hydrogen-bond donors (Lipinski definition) is 3. The van der Waals surface area contributed by atoms with Crippen molar-refractivity contribution in [3.05, 3.63) is 66.2 Å². The van der Waals surface area contributed by atoms with Gasteiger partial charge in [-0.2, -0.15) is 0 Å². The minimum absolute atomic E-state index is 0.0129. The van der Waals surface area contributed by atoms with Crippen LogP contribution in [0, 0.1) is 6.92 Å². The van der Waals surface area contributed by atoms with Crippen LogP contribution in [0.15, 0.2) is 60.7 Å². The number of carbonyl (C=O) groups excluding carboxylic acids is 2. The minimum atomic E-state index is 0.0129. The quantitative estimate of drug-likeness (QED) is 0.196. The molecule has 0 atom stereocenters. The standard InChI is InChI=1S/C34H40N6O2/c1-24-6-8-25(9-7-24)37-34-28-12-10-26(35-32(41)14-20-39-16-2-3-17-39)22-30(28)38-31-23-27(11-13-29(31)34)36-33(42)15-21-40-18-4-5-19-40/h6-13,22-23H,2-5,14-21H2,1H3,(H,35,41)(H,36,42)(H,37,38). The van der Waals surface area contributed by atoms with E-state index in [4.69, 9.17) is 4.98 Å². The van der Waals surface area contributed by atoms with E-state index in [1.54, 1.807) is 0 Å². The summed E-state index contributed by atoms with van der Waals surface area (Å²) in [6.45, 7) is 7.98. The summed E-state index contributed by atoms with van der Waals surface area (Å²) in [5.74, 6) is 0.0259. The molecule has 2 amide bonds. The third-order valence-corrected chi connectivity index (χ3v) is 8.37. The van der Waals surface area contributed by atoms with E-state index >= 15 is 0 Å². The molecule has 2 aliphatic heterocycles. The third-order valence-electron chi connectivity index (χ3n) is 8.37. The first-order chi connectivity index (χ1) is 20.5. The fraction of sp³-hybridized carbons (Fsp3) is 0.382. The number of likely N-dealkylation sites (tertiary alicyclic amines) is 2. The predicted octanol–water partition coefficient (Wildman–Crippen LogP) is 6.29. The first-order valence-corrected chi connectivity index (χ1v) is 15.3. The molecule has 0 bridgehead atoms. The molecule has 2 fully saturated rings. The Bertz CT molecular complexity index is 1480. The van der Waals surface area contributed by atoms with Gasteiger partial charge >= 0.3 is 0 Å². The average Bonchev–Trinajstić information content (AvgIpc) is 3.71. The zero-order valence-corrected chi connectivity index (χ0v) is 24.4. The van der Waals surface area contributed by atoms with E-state index in [1.165, 1.54) is 31.2 Å². The third kappa shape index (κ3) is 6.89. The van der Waals surface area contributed by atoms with Crippen LogP contribution in [0.5, 0.6) is 0 Å². The molecule has 8 heteroatoms. The van der Waals surface area contributed by atoms with Crippen LogP contribution in [0.4, 0.5) is 22.7 Å². The second kappa shape index (κ2) is 12.9. The van der Waals surface area contributed by atoms with Crippen molar-refractivity contribution in [2.75, 3.05) is 55.2 Å². The Balaban J connectivity index is 1.26. The summed E-state index contributed by atoms with van der Waals surface area (Å²) < 4.78 is 0. The molecule has 2 aliphatic rings. The van der Waals surface area contributed by atoms with Gasteiger partial charge in [0.2, 0.25) is 11.8 Å². The van der Waals surface area contributed by atoms with E-state index in [-0.39, 0.29) is 11.8 Å². The van der Waals surface area contributed by atoms with Crippen molar-refractivity contribution >= 4 is 56.4 Å². The SMILES string of the molecule is Cc1ccc(Nc2c3ccc(NC(=O)CCN4CCCC4)cc3nc3cc(NC(=O)CCN4CCCC4)ccc23)cc1. The van der Waals surface area contributed by atoms with Gasteiger partial charge in [-0.05, 0) is 107 Å². The number of hydrogen-bond acceptors (Lipinski definition) is 6. The fourth-order valence-corrected chi connectivity index (χ4v) is 6.00. The van der Waals surface area contributed by atoms with Crippen LogP contribution in [0.1, 0.15) is 44.1 Å². The normalized spacial score (nSPS) is 15.8. The summed E-state index contributed by atoms with van der Waals surface area (Å²) in [7, 11) is 0. The molecule has 0 saturated carbocycles. The number of rotatable bonds is 10. The van der Waals surface area contributed by atoms with Crippen molar-refractivity contribution in [2.45, 2.75) is 45.4 Å². The predicted molar refractivity (Wildman–Crippen MR) is 172 cm³/mol. The van der Waals surface area contributed by atoms with E-state index in [2.05, 4.69) is 56.9 Å². The van der Waals surface area contributed by atoms with Crippen molar-refractivity contribution in [3.8, 4) is 0 Å². The number of nitrogens with zero attached hydrogens (tertiary/aromatic N) is 3. The lowest BCUT2D eigenvalue weighted by atomic mass is 10.1. The Morgan fingerprint density at radius 3 is 1.60 bits per heavy atom. The minimum Gasteiger partial charge on any atom is -0.354 e. The average molecular weight is 565 g/mol. The Labute approximate surface area is 247 Å². The van der Waals surface area contributed by atoms with Crippen molar-refractivity contribution in [3.63, 3.8) is 0 Å². The van der Waals surface area contributed by atoms with E-state index in [9.17, 15) is 9.59 Å². The van der Waals surface area contributed by atoms with Gasteiger partial charge in [0.15, 0.2) is 0 Å². The molecule has 6 rings (SSSR count). The molecule has 42 heavy (non-hydrogen) atoms. The van der Waals surface area contributed by atoms with Crippen molar-refractivity contribution in [2.24, 2.45) is 0 Å². The van der Waals surface area contributed by atoms with E-state index in [1.807, 2.05) is 36.4 Å². The second-order valence-corrected chi connectivity index (χ2v) is 11.6. The molecule has 8 nitrogen and oxygen atoms in total. The van der Waals surface area contributed by atoms with Crippen LogP contribution in [-0.2, 0) is 9.59 Å². The molecule has 0 radical (unpaired) electrons. The van der Waals surface area contributed by atoms with Crippen LogP contribution in [0.2, 0.25) is 0 Å². The van der Waals surface area contributed by atoms with Gasteiger partial charge in [-0.3, -0.25) is 9.59 Å². The molecular formula is C34H40N6O2. The van der Waals surface area contributed by atoms with Gasteiger partial charge in [0.1, 0.15) is 0 Å². The van der Waals surface area contributed by atoms with E-state index < -0.39 is 0 Å². The summed E-state index contributed by atoms with van der Waals surface area (Å²) in [4.78, 5) is 35.1. The van der Waals surface area contributed by atoms with Gasteiger partial charge < -0.3 is 25.8 Å². The number of pyridine rings is 1. The van der Waals surface area contributed by atoms with E-state index in [0.717, 1.165) is 83.8 Å². The topological polar surface area (TPSA) is 89.6 Å². The first kappa shape index (κ1) is 28.1. The Hall–Kier alpha value is -4.01. The number of aryl methyl sites for hydroxylation is 1. The lowest BCUT2D eigenvalue weighted by Gasteiger charge is -2.16. The maximum absolute atomic E-state index is 12.7. The fourth-order valence-electron chi connectivity index (χ4n) is 6.00. The van der Waals surface area contributed by atoms with Crippen LogP contribution >= 0.6 is 0 Å². The number of nitrogens with one attached hydrogen (secondary N) is 3. The van der Waals surface area contributed by atoms with Gasteiger partial charge in [-0.25, -0.2) is 4.98 Å². The molecule has 0 aliphatic carbocycles. The summed E-state index contributed by atoms with van der Waals surface area (Å²) in [6.07, 6.45) is 5.82. The highest BCUT2D eigenvalue weighted by atomic mass is 16.2. The van der Waals surface area contributed by atoms with Crippen LogP contribution in [-0.4, -0.2) is 65.9 Å². The molecule has 1 aromatic heterocycles. The second-order valence-electron chi connectivity index (χ2n) is 11.6. The lowest BCUT2D eigenvalue weighted by molar-refractivity contribution is -0.117. The van der Waals surface area contributed by atoms with Crippen molar-refractivity contribution in [1.29, 1.82) is 0 Å². The van der Waals surface area contributed by atoms with Crippen LogP contribution in [0.25, 0.3) is 21.8 Å². The highest BCUT2D eigenvalue weighted by Gasteiger charge is 2.16. The summed E-state index contributed by atoms with van der Waals surface area (Å²) in [5.41, 5.74) is 6.12. The van der Waals surface area contributed by atoms with Crippen molar-refractivity contribution in [1.82, 2.24) is 14.8 Å². The van der Waals surface area contributed by atoms with Crippen molar-refractivity contribution < 1.29 is 9.59 Å². The highest BCUT2D eigenvalue weighted by Crippen LogP contribution is 2.35. The maximum Gasteiger partial charge on any atom is 0.225 e. The molecule has 4 aromatic rings. The highest BCUT2D eigenvalue weighted by molar-refractivity contribution is 6.10. The zero-order valence-electron chi connectivity index (χ0n) is 24.4. The van der Waals surface area contributed by atoms with Gasteiger partial charge in [0.05, 0.1) is 16.7 Å². The lowest BCUT2D eigenvalue weighted by Crippen LogP contribution is -2.25. The molecule has 3 heterocycles. The van der Waals surface area contributed by atoms with E-state index in [0.29, 0.717) is 12.8 Å². The monoisotopic (exact) mass is 564 g/mol.